The first kappa shape index (κ1) is 17.3. The van der Waals surface area contributed by atoms with Crippen molar-refractivity contribution >= 4 is 35.0 Å². The number of nitrogens with zero attached hydrogens (tertiary/aromatic N) is 1. The summed E-state index contributed by atoms with van der Waals surface area (Å²) < 4.78 is 5.72. The molecule has 0 aliphatic carbocycles. The van der Waals surface area contributed by atoms with Crippen LogP contribution in [-0.2, 0) is 4.79 Å². The molecule has 1 heterocycles. The maximum absolute atomic E-state index is 12.8. The zero-order chi connectivity index (χ0) is 18.0. The highest BCUT2D eigenvalue weighted by Crippen LogP contribution is 2.37. The van der Waals surface area contributed by atoms with Crippen LogP contribution >= 0.6 is 11.6 Å². The maximum atomic E-state index is 12.8. The largest absolute Gasteiger partial charge is 0.449 e. The monoisotopic (exact) mass is 360 g/mol. The number of aliphatic hydroxyl groups excluding tert-OH is 2. The molecule has 4 N–H and O–H groups in total. The van der Waals surface area contributed by atoms with Crippen LogP contribution in [0.25, 0.3) is 6.08 Å². The molecule has 1 aliphatic heterocycles. The van der Waals surface area contributed by atoms with Gasteiger partial charge in [-0.05, 0) is 35.9 Å². The van der Waals surface area contributed by atoms with E-state index in [2.05, 4.69) is 0 Å². The van der Waals surface area contributed by atoms with Crippen molar-refractivity contribution in [3.8, 4) is 5.75 Å². The minimum absolute atomic E-state index is 0.0619. The van der Waals surface area contributed by atoms with Crippen molar-refractivity contribution in [1.29, 1.82) is 0 Å². The van der Waals surface area contributed by atoms with E-state index < -0.39 is 18.6 Å². The number of fused-ring (bicyclic) bond motifs is 1. The number of halogens is 1. The van der Waals surface area contributed by atoms with Crippen molar-refractivity contribution in [2.24, 2.45) is 0 Å². The van der Waals surface area contributed by atoms with Crippen molar-refractivity contribution in [1.82, 2.24) is 0 Å². The van der Waals surface area contributed by atoms with Crippen LogP contribution in [0.5, 0.6) is 5.75 Å². The predicted octanol–water partition coefficient (Wildman–Crippen LogP) is 2.04. The predicted molar refractivity (Wildman–Crippen MR) is 96.4 cm³/mol. The molecule has 0 fully saturated rings. The van der Waals surface area contributed by atoms with Crippen LogP contribution < -0.4 is 15.4 Å². The molecule has 1 aliphatic rings. The Balaban J connectivity index is 2.01. The number of aliphatic hydroxyl groups is 2. The maximum Gasteiger partial charge on any atom is 0.294 e. The van der Waals surface area contributed by atoms with E-state index >= 15 is 0 Å². The van der Waals surface area contributed by atoms with Crippen LogP contribution in [0.3, 0.4) is 0 Å². The van der Waals surface area contributed by atoms with Gasteiger partial charge < -0.3 is 20.7 Å². The van der Waals surface area contributed by atoms with E-state index in [-0.39, 0.29) is 12.3 Å². The third-order valence-corrected chi connectivity index (χ3v) is 3.97. The van der Waals surface area contributed by atoms with Gasteiger partial charge in [0.25, 0.3) is 5.91 Å². The summed E-state index contributed by atoms with van der Waals surface area (Å²) in [4.78, 5) is 14.1. The summed E-state index contributed by atoms with van der Waals surface area (Å²) >= 11 is 5.87. The smallest absolute Gasteiger partial charge is 0.294 e. The van der Waals surface area contributed by atoms with Gasteiger partial charge in [-0.3, -0.25) is 9.69 Å². The molecule has 0 saturated carbocycles. The Kier molecular flexibility index (Phi) is 4.94. The van der Waals surface area contributed by atoms with E-state index in [1.807, 2.05) is 0 Å². The van der Waals surface area contributed by atoms with Crippen molar-refractivity contribution < 1.29 is 19.7 Å². The van der Waals surface area contributed by atoms with Crippen molar-refractivity contribution in [3.63, 3.8) is 0 Å². The molecule has 25 heavy (non-hydrogen) atoms. The van der Waals surface area contributed by atoms with Crippen molar-refractivity contribution in [3.05, 3.63) is 58.8 Å². The van der Waals surface area contributed by atoms with Gasteiger partial charge in [-0.2, -0.15) is 0 Å². The Bertz CT molecular complexity index is 820. The van der Waals surface area contributed by atoms with Gasteiger partial charge in [0.1, 0.15) is 0 Å². The highest BCUT2D eigenvalue weighted by molar-refractivity contribution is 6.30. The molecule has 2 aromatic carbocycles. The average molecular weight is 361 g/mol. The summed E-state index contributed by atoms with van der Waals surface area (Å²) in [6, 6.07) is 11.8. The normalized spacial score (nSPS) is 16.5. The molecule has 1 atom stereocenters. The van der Waals surface area contributed by atoms with Crippen molar-refractivity contribution in [2.45, 2.75) is 6.10 Å². The molecule has 130 valence electrons. The van der Waals surface area contributed by atoms with E-state index in [9.17, 15) is 9.90 Å². The molecule has 0 bridgehead atoms. The number of hydrogen-bond donors (Lipinski definition) is 3. The standard InChI is InChI=1S/C18H17ClN2O4/c19-12-3-1-11(2-4-12)7-17-18(24)21(9-14(23)10-22)15-6-5-13(20)8-16(15)25-17/h1-8,14,22-23H,9-10,20H2/b17-7+. The summed E-state index contributed by atoms with van der Waals surface area (Å²) in [7, 11) is 0. The van der Waals surface area contributed by atoms with E-state index in [1.165, 1.54) is 4.90 Å². The van der Waals surface area contributed by atoms with E-state index in [4.69, 9.17) is 27.2 Å². The lowest BCUT2D eigenvalue weighted by molar-refractivity contribution is -0.118. The number of carbonyl (C=O) groups excluding carboxylic acids is 1. The average Bonchev–Trinajstić information content (AvgIpc) is 2.60. The zero-order valence-corrected chi connectivity index (χ0v) is 14.0. The molecule has 0 aromatic heterocycles. The van der Waals surface area contributed by atoms with Gasteiger partial charge in [-0.15, -0.1) is 0 Å². The first-order chi connectivity index (χ1) is 12.0. The number of ether oxygens (including phenoxy) is 1. The van der Waals surface area contributed by atoms with E-state index in [1.54, 1.807) is 48.5 Å². The molecule has 6 nitrogen and oxygen atoms in total. The topological polar surface area (TPSA) is 96.0 Å². The first-order valence-corrected chi connectivity index (χ1v) is 8.01. The van der Waals surface area contributed by atoms with E-state index in [0.717, 1.165) is 5.56 Å². The molecule has 1 unspecified atom stereocenters. The molecule has 7 heteroatoms. The van der Waals surface area contributed by atoms with Gasteiger partial charge in [-0.1, -0.05) is 23.7 Å². The SMILES string of the molecule is Nc1ccc2c(c1)O/C(=C/c1ccc(Cl)cc1)C(=O)N2CC(O)CO. The zero-order valence-electron chi connectivity index (χ0n) is 13.2. The molecule has 0 radical (unpaired) electrons. The van der Waals surface area contributed by atoms with Gasteiger partial charge in [0.05, 0.1) is 24.9 Å². The molecular weight excluding hydrogens is 344 g/mol. The fourth-order valence-corrected chi connectivity index (χ4v) is 2.62. The van der Waals surface area contributed by atoms with Gasteiger partial charge in [0.2, 0.25) is 0 Å². The van der Waals surface area contributed by atoms with Gasteiger partial charge in [0, 0.05) is 16.8 Å². The van der Waals surface area contributed by atoms with E-state index in [0.29, 0.717) is 22.1 Å². The number of hydrogen-bond acceptors (Lipinski definition) is 5. The van der Waals surface area contributed by atoms with Crippen molar-refractivity contribution in [2.75, 3.05) is 23.8 Å². The number of anilines is 2. The molecule has 0 spiro atoms. The lowest BCUT2D eigenvalue weighted by atomic mass is 10.1. The molecule has 0 saturated heterocycles. The lowest BCUT2D eigenvalue weighted by Crippen LogP contribution is -2.43. The third kappa shape index (κ3) is 3.76. The Hall–Kier alpha value is -2.54. The summed E-state index contributed by atoms with van der Waals surface area (Å²) in [5.74, 6) is 0.0789. The van der Waals surface area contributed by atoms with Crippen LogP contribution in [0.15, 0.2) is 48.2 Å². The quantitative estimate of drug-likeness (QED) is 0.573. The van der Waals surface area contributed by atoms with Crippen LogP contribution in [0.1, 0.15) is 5.56 Å². The highest BCUT2D eigenvalue weighted by Gasteiger charge is 2.31. The second-order valence-electron chi connectivity index (χ2n) is 5.64. The fourth-order valence-electron chi connectivity index (χ4n) is 2.49. The number of benzene rings is 2. The molecule has 2 aromatic rings. The Morgan fingerprint density at radius 2 is 1.96 bits per heavy atom. The Morgan fingerprint density at radius 3 is 2.64 bits per heavy atom. The van der Waals surface area contributed by atoms with Gasteiger partial charge >= 0.3 is 0 Å². The lowest BCUT2D eigenvalue weighted by Gasteiger charge is -2.31. The molecular formula is C18H17ClN2O4. The van der Waals surface area contributed by atoms with Crippen LogP contribution in [0.4, 0.5) is 11.4 Å². The molecule has 1 amide bonds. The first-order valence-electron chi connectivity index (χ1n) is 7.63. The second kappa shape index (κ2) is 7.14. The van der Waals surface area contributed by atoms with Crippen LogP contribution in [0, 0.1) is 0 Å². The Labute approximate surface area is 149 Å². The van der Waals surface area contributed by atoms with Gasteiger partial charge in [0.15, 0.2) is 11.5 Å². The highest BCUT2D eigenvalue weighted by atomic mass is 35.5. The fraction of sp³-hybridized carbons (Fsp3) is 0.167. The van der Waals surface area contributed by atoms with Crippen LogP contribution in [-0.4, -0.2) is 35.4 Å². The number of rotatable bonds is 4. The Morgan fingerprint density at radius 1 is 1.24 bits per heavy atom. The number of amides is 1. The number of β-amino-alcohol motifs (C(OH)–C–C–N with tert-alkyl or cyclic N) is 1. The summed E-state index contributed by atoms with van der Waals surface area (Å²) in [5, 5.41) is 19.5. The minimum Gasteiger partial charge on any atom is -0.449 e. The molecule has 3 rings (SSSR count). The second-order valence-corrected chi connectivity index (χ2v) is 6.08. The summed E-state index contributed by atoms with van der Waals surface area (Å²) in [6.07, 6.45) is 0.521. The number of carbonyl (C=O) groups is 1. The van der Waals surface area contributed by atoms with Gasteiger partial charge in [-0.25, -0.2) is 0 Å². The summed E-state index contributed by atoms with van der Waals surface area (Å²) in [6.45, 7) is -0.515. The third-order valence-electron chi connectivity index (χ3n) is 3.72. The number of nitrogens with two attached hydrogens (primary N) is 1. The minimum atomic E-state index is -1.07. The van der Waals surface area contributed by atoms with Crippen LogP contribution in [0.2, 0.25) is 5.02 Å². The number of nitrogen functional groups attached to an aromatic ring is 1. The summed E-state index contributed by atoms with van der Waals surface area (Å²) in [5.41, 5.74) is 7.51.